The van der Waals surface area contributed by atoms with Gasteiger partial charge in [-0.15, -0.1) is 0 Å². The van der Waals surface area contributed by atoms with E-state index in [9.17, 15) is 4.79 Å². The summed E-state index contributed by atoms with van der Waals surface area (Å²) in [6.07, 6.45) is 0.798. The van der Waals surface area contributed by atoms with Crippen LogP contribution in [0, 0.1) is 0 Å². The van der Waals surface area contributed by atoms with Gasteiger partial charge in [-0.2, -0.15) is 0 Å². The van der Waals surface area contributed by atoms with Crippen LogP contribution in [0.1, 0.15) is 11.1 Å². The Hall–Kier alpha value is -1.52. The van der Waals surface area contributed by atoms with Crippen molar-refractivity contribution >= 4 is 33.6 Å². The van der Waals surface area contributed by atoms with E-state index in [1.54, 1.807) is 0 Å². The fourth-order valence-electron chi connectivity index (χ4n) is 1.85. The SMILES string of the molecule is O=C(NCCc1ccc(Br)cc1)NCc1ccccc1Cl. The van der Waals surface area contributed by atoms with Gasteiger partial charge in [-0.3, -0.25) is 0 Å². The zero-order valence-corrected chi connectivity index (χ0v) is 13.7. The van der Waals surface area contributed by atoms with Gasteiger partial charge >= 0.3 is 6.03 Å². The third kappa shape index (κ3) is 5.40. The van der Waals surface area contributed by atoms with Gasteiger partial charge in [0.1, 0.15) is 0 Å². The lowest BCUT2D eigenvalue weighted by Gasteiger charge is -2.09. The minimum atomic E-state index is -0.188. The van der Waals surface area contributed by atoms with Crippen LogP contribution >= 0.6 is 27.5 Å². The Morgan fingerprint density at radius 3 is 2.48 bits per heavy atom. The van der Waals surface area contributed by atoms with Crippen molar-refractivity contribution in [1.82, 2.24) is 10.6 Å². The summed E-state index contributed by atoms with van der Waals surface area (Å²) in [5.74, 6) is 0. The predicted molar refractivity (Wildman–Crippen MR) is 89.5 cm³/mol. The first-order valence-corrected chi connectivity index (χ1v) is 7.82. The maximum absolute atomic E-state index is 11.7. The molecule has 2 amide bonds. The van der Waals surface area contributed by atoms with Gasteiger partial charge in [-0.05, 0) is 35.7 Å². The number of nitrogens with one attached hydrogen (secondary N) is 2. The average Bonchev–Trinajstić information content (AvgIpc) is 2.48. The molecule has 0 fully saturated rings. The largest absolute Gasteiger partial charge is 0.338 e. The number of amides is 2. The minimum absolute atomic E-state index is 0.188. The van der Waals surface area contributed by atoms with E-state index in [2.05, 4.69) is 26.6 Å². The molecule has 0 unspecified atom stereocenters. The molecule has 0 spiro atoms. The first kappa shape index (κ1) is 15.9. The second-order valence-corrected chi connectivity index (χ2v) is 5.90. The standard InChI is InChI=1S/C16H16BrClN2O/c17-14-7-5-12(6-8-14)9-10-19-16(21)20-11-13-3-1-2-4-15(13)18/h1-8H,9-11H2,(H2,19,20,21). The molecule has 0 aromatic heterocycles. The average molecular weight is 368 g/mol. The molecule has 110 valence electrons. The van der Waals surface area contributed by atoms with Gasteiger partial charge in [0.05, 0.1) is 0 Å². The van der Waals surface area contributed by atoms with Crippen LogP contribution in [-0.4, -0.2) is 12.6 Å². The number of hydrogen-bond donors (Lipinski definition) is 2. The number of urea groups is 1. The zero-order chi connectivity index (χ0) is 15.1. The molecule has 2 rings (SSSR count). The fourth-order valence-corrected chi connectivity index (χ4v) is 2.32. The molecule has 0 radical (unpaired) electrons. The normalized spacial score (nSPS) is 10.2. The van der Waals surface area contributed by atoms with Gasteiger partial charge in [-0.1, -0.05) is 57.9 Å². The quantitative estimate of drug-likeness (QED) is 0.819. The molecule has 0 aliphatic heterocycles. The topological polar surface area (TPSA) is 41.1 Å². The van der Waals surface area contributed by atoms with Crippen LogP contribution in [0.5, 0.6) is 0 Å². The molecule has 2 N–H and O–H groups in total. The summed E-state index contributed by atoms with van der Waals surface area (Å²) in [7, 11) is 0. The van der Waals surface area contributed by atoms with Crippen molar-refractivity contribution in [2.75, 3.05) is 6.54 Å². The van der Waals surface area contributed by atoms with Gasteiger partial charge in [0.15, 0.2) is 0 Å². The number of hydrogen-bond acceptors (Lipinski definition) is 1. The lowest BCUT2D eigenvalue weighted by molar-refractivity contribution is 0.240. The van der Waals surface area contributed by atoms with Crippen LogP contribution in [0.15, 0.2) is 53.0 Å². The number of rotatable bonds is 5. The Bertz CT molecular complexity index is 601. The highest BCUT2D eigenvalue weighted by molar-refractivity contribution is 9.10. The fraction of sp³-hybridized carbons (Fsp3) is 0.188. The highest BCUT2D eigenvalue weighted by Crippen LogP contribution is 2.14. The van der Waals surface area contributed by atoms with Crippen molar-refractivity contribution in [1.29, 1.82) is 0 Å². The van der Waals surface area contributed by atoms with Gasteiger partial charge in [0.25, 0.3) is 0 Å². The van der Waals surface area contributed by atoms with Crippen molar-refractivity contribution < 1.29 is 4.79 Å². The Kier molecular flexibility index (Phi) is 6.08. The Labute approximate surface area is 137 Å². The minimum Gasteiger partial charge on any atom is -0.338 e. The molecule has 0 saturated carbocycles. The summed E-state index contributed by atoms with van der Waals surface area (Å²) in [6, 6.07) is 15.3. The molecule has 0 bridgehead atoms. The predicted octanol–water partition coefficient (Wildman–Crippen LogP) is 4.14. The van der Waals surface area contributed by atoms with Crippen molar-refractivity contribution in [3.05, 3.63) is 69.2 Å². The van der Waals surface area contributed by atoms with Gasteiger partial charge in [-0.25, -0.2) is 4.79 Å². The van der Waals surface area contributed by atoms with Crippen molar-refractivity contribution in [3.8, 4) is 0 Å². The highest BCUT2D eigenvalue weighted by atomic mass is 79.9. The molecule has 3 nitrogen and oxygen atoms in total. The van der Waals surface area contributed by atoms with Gasteiger partial charge in [0.2, 0.25) is 0 Å². The number of benzene rings is 2. The van der Waals surface area contributed by atoms with Crippen LogP contribution in [0.2, 0.25) is 5.02 Å². The molecule has 0 heterocycles. The molecule has 0 atom stereocenters. The van der Waals surface area contributed by atoms with E-state index >= 15 is 0 Å². The van der Waals surface area contributed by atoms with E-state index in [-0.39, 0.29) is 6.03 Å². The summed E-state index contributed by atoms with van der Waals surface area (Å²) >= 11 is 9.42. The summed E-state index contributed by atoms with van der Waals surface area (Å²) in [5.41, 5.74) is 2.09. The summed E-state index contributed by atoms with van der Waals surface area (Å²) in [4.78, 5) is 11.7. The monoisotopic (exact) mass is 366 g/mol. The highest BCUT2D eigenvalue weighted by Gasteiger charge is 2.02. The lowest BCUT2D eigenvalue weighted by atomic mass is 10.1. The number of carbonyl (C=O) groups excluding carboxylic acids is 1. The molecule has 0 aliphatic carbocycles. The second-order valence-electron chi connectivity index (χ2n) is 4.58. The number of halogens is 2. The third-order valence-corrected chi connectivity index (χ3v) is 3.91. The van der Waals surface area contributed by atoms with E-state index in [1.807, 2.05) is 48.5 Å². The van der Waals surface area contributed by atoms with Crippen molar-refractivity contribution in [3.63, 3.8) is 0 Å². The van der Waals surface area contributed by atoms with E-state index in [4.69, 9.17) is 11.6 Å². The van der Waals surface area contributed by atoms with Gasteiger partial charge in [0, 0.05) is 22.6 Å². The van der Waals surface area contributed by atoms with Crippen molar-refractivity contribution in [2.45, 2.75) is 13.0 Å². The molecular weight excluding hydrogens is 352 g/mol. The molecule has 0 saturated heterocycles. The van der Waals surface area contributed by atoms with Crippen LogP contribution in [0.3, 0.4) is 0 Å². The third-order valence-electron chi connectivity index (χ3n) is 3.01. The van der Waals surface area contributed by atoms with E-state index < -0.39 is 0 Å². The zero-order valence-electron chi connectivity index (χ0n) is 11.4. The van der Waals surface area contributed by atoms with Crippen LogP contribution in [-0.2, 0) is 13.0 Å². The molecule has 21 heavy (non-hydrogen) atoms. The van der Waals surface area contributed by atoms with E-state index in [1.165, 1.54) is 5.56 Å². The Morgan fingerprint density at radius 1 is 1.05 bits per heavy atom. The van der Waals surface area contributed by atoms with Gasteiger partial charge < -0.3 is 10.6 Å². The smallest absolute Gasteiger partial charge is 0.315 e. The van der Waals surface area contributed by atoms with Crippen molar-refractivity contribution in [2.24, 2.45) is 0 Å². The number of carbonyl (C=O) groups is 1. The van der Waals surface area contributed by atoms with E-state index in [0.717, 1.165) is 16.5 Å². The van der Waals surface area contributed by atoms with Crippen LogP contribution in [0.4, 0.5) is 4.79 Å². The van der Waals surface area contributed by atoms with Crippen LogP contribution < -0.4 is 10.6 Å². The maximum Gasteiger partial charge on any atom is 0.315 e. The lowest BCUT2D eigenvalue weighted by Crippen LogP contribution is -2.36. The molecule has 0 aliphatic rings. The first-order valence-electron chi connectivity index (χ1n) is 6.65. The molecule has 2 aromatic rings. The first-order chi connectivity index (χ1) is 10.1. The molecular formula is C16H16BrClN2O. The molecule has 2 aromatic carbocycles. The maximum atomic E-state index is 11.7. The molecule has 5 heteroatoms. The summed E-state index contributed by atoms with van der Waals surface area (Å²) < 4.78 is 1.05. The summed E-state index contributed by atoms with van der Waals surface area (Å²) in [6.45, 7) is 1.01. The van der Waals surface area contributed by atoms with E-state index in [0.29, 0.717) is 18.1 Å². The summed E-state index contributed by atoms with van der Waals surface area (Å²) in [5, 5.41) is 6.28. The Balaban J connectivity index is 1.70. The Morgan fingerprint density at radius 2 is 1.76 bits per heavy atom. The van der Waals surface area contributed by atoms with Crippen LogP contribution in [0.25, 0.3) is 0 Å². The second kappa shape index (κ2) is 8.05.